The van der Waals surface area contributed by atoms with Crippen molar-refractivity contribution in [2.45, 2.75) is 32.9 Å². The molecule has 3 rings (SSSR count). The van der Waals surface area contributed by atoms with Crippen LogP contribution in [0.25, 0.3) is 0 Å². The number of ether oxygens (including phenoxy) is 1. The van der Waals surface area contributed by atoms with Crippen molar-refractivity contribution in [3.05, 3.63) is 39.3 Å². The second kappa shape index (κ2) is 6.30. The van der Waals surface area contributed by atoms with E-state index in [-0.39, 0.29) is 6.10 Å². The second-order valence-electron chi connectivity index (χ2n) is 5.76. The highest BCUT2D eigenvalue weighted by Gasteiger charge is 2.33. The highest BCUT2D eigenvalue weighted by Crippen LogP contribution is 2.37. The lowest BCUT2D eigenvalue weighted by molar-refractivity contribution is 0.0894. The molecule has 0 saturated carbocycles. The summed E-state index contributed by atoms with van der Waals surface area (Å²) in [5, 5.41) is 10.2. The number of rotatable bonds is 5. The highest BCUT2D eigenvalue weighted by molar-refractivity contribution is 7.09. The Morgan fingerprint density at radius 2 is 2.33 bits per heavy atom. The summed E-state index contributed by atoms with van der Waals surface area (Å²) in [5.74, 6) is 0.534. The molecule has 1 aliphatic heterocycles. The zero-order valence-electron chi connectivity index (χ0n) is 12.9. The summed E-state index contributed by atoms with van der Waals surface area (Å²) < 4.78 is 7.98. The van der Waals surface area contributed by atoms with Gasteiger partial charge in [0.2, 0.25) is 0 Å². The van der Waals surface area contributed by atoms with Gasteiger partial charge in [-0.25, -0.2) is 0 Å². The van der Waals surface area contributed by atoms with Crippen molar-refractivity contribution in [3.63, 3.8) is 0 Å². The lowest BCUT2D eigenvalue weighted by atomic mass is 9.94. The molecular weight excluding hydrogens is 282 g/mol. The first kappa shape index (κ1) is 14.8. The minimum absolute atomic E-state index is 0.189. The number of aryl methyl sites for hydroxylation is 2. The first-order chi connectivity index (χ1) is 10.2. The number of nitrogens with zero attached hydrogens (tertiary/aromatic N) is 2. The van der Waals surface area contributed by atoms with E-state index in [1.165, 1.54) is 16.1 Å². The van der Waals surface area contributed by atoms with E-state index in [1.807, 2.05) is 11.7 Å². The van der Waals surface area contributed by atoms with Crippen molar-refractivity contribution in [1.29, 1.82) is 0 Å². The van der Waals surface area contributed by atoms with Crippen molar-refractivity contribution in [2.24, 2.45) is 13.0 Å². The Kier molecular flexibility index (Phi) is 4.42. The van der Waals surface area contributed by atoms with Crippen LogP contribution in [-0.2, 0) is 18.3 Å². The van der Waals surface area contributed by atoms with Gasteiger partial charge in [0.15, 0.2) is 0 Å². The van der Waals surface area contributed by atoms with Crippen molar-refractivity contribution >= 4 is 11.3 Å². The molecule has 21 heavy (non-hydrogen) atoms. The molecule has 0 amide bonds. The first-order valence-electron chi connectivity index (χ1n) is 7.51. The summed E-state index contributed by atoms with van der Waals surface area (Å²) in [6.07, 6.45) is 1.31. The monoisotopic (exact) mass is 305 g/mol. The van der Waals surface area contributed by atoms with Crippen molar-refractivity contribution in [1.82, 2.24) is 15.1 Å². The van der Waals surface area contributed by atoms with E-state index in [0.29, 0.717) is 5.92 Å². The van der Waals surface area contributed by atoms with Gasteiger partial charge in [-0.15, -0.1) is 11.3 Å². The lowest BCUT2D eigenvalue weighted by Crippen LogP contribution is -2.24. The predicted octanol–water partition coefficient (Wildman–Crippen LogP) is 2.97. The Hall–Kier alpha value is -1.17. The van der Waals surface area contributed by atoms with Crippen LogP contribution in [0.4, 0.5) is 0 Å². The third-order valence-electron chi connectivity index (χ3n) is 4.35. The van der Waals surface area contributed by atoms with Gasteiger partial charge >= 0.3 is 0 Å². The molecule has 1 aliphatic rings. The molecule has 3 heterocycles. The number of aromatic nitrogens is 2. The molecule has 5 heteroatoms. The molecule has 0 aliphatic carbocycles. The van der Waals surface area contributed by atoms with Crippen LogP contribution in [0.2, 0.25) is 0 Å². The van der Waals surface area contributed by atoms with Crippen LogP contribution in [0.5, 0.6) is 0 Å². The van der Waals surface area contributed by atoms with E-state index in [1.54, 1.807) is 11.3 Å². The average Bonchev–Trinajstić information content (AvgIpc) is 3.15. The molecule has 1 N–H and O–H groups in total. The fraction of sp³-hybridized carbons (Fsp3) is 0.562. The number of hydrogen-bond acceptors (Lipinski definition) is 4. The summed E-state index contributed by atoms with van der Waals surface area (Å²) in [6.45, 7) is 7.01. The maximum atomic E-state index is 6.02. The van der Waals surface area contributed by atoms with Crippen LogP contribution in [0.1, 0.15) is 34.4 Å². The van der Waals surface area contributed by atoms with E-state index >= 15 is 0 Å². The van der Waals surface area contributed by atoms with Gasteiger partial charge in [0.05, 0.1) is 11.8 Å². The maximum Gasteiger partial charge on any atom is 0.0901 e. The third kappa shape index (κ3) is 3.05. The molecule has 2 aromatic rings. The van der Waals surface area contributed by atoms with Gasteiger partial charge in [-0.1, -0.05) is 6.07 Å². The molecule has 0 spiro atoms. The van der Waals surface area contributed by atoms with Gasteiger partial charge in [-0.2, -0.15) is 5.10 Å². The van der Waals surface area contributed by atoms with Crippen LogP contribution in [-0.4, -0.2) is 22.9 Å². The van der Waals surface area contributed by atoms with Crippen molar-refractivity contribution < 1.29 is 4.74 Å². The lowest BCUT2D eigenvalue weighted by Gasteiger charge is -2.19. The molecule has 2 aromatic heterocycles. The van der Waals surface area contributed by atoms with Crippen LogP contribution < -0.4 is 5.32 Å². The Labute approximate surface area is 130 Å². The standard InChI is InChI=1S/C16H23N3OS/c1-11-15(12(2)19(3)18-11)16-13(6-7-20-16)9-17-10-14-5-4-8-21-14/h4-5,8,13,16-17H,6-7,9-10H2,1-3H3/t13-,16+/m0/s1. The van der Waals surface area contributed by atoms with Gasteiger partial charge in [-0.3, -0.25) is 4.68 Å². The molecule has 1 fully saturated rings. The summed E-state index contributed by atoms with van der Waals surface area (Å²) >= 11 is 1.80. The van der Waals surface area contributed by atoms with Gasteiger partial charge < -0.3 is 10.1 Å². The number of nitrogens with one attached hydrogen (secondary N) is 1. The molecule has 0 unspecified atom stereocenters. The molecule has 4 nitrogen and oxygen atoms in total. The SMILES string of the molecule is Cc1nn(C)c(C)c1[C@@H]1OCC[C@H]1CNCc1cccs1. The molecule has 0 radical (unpaired) electrons. The Morgan fingerprint density at radius 3 is 3.00 bits per heavy atom. The highest BCUT2D eigenvalue weighted by atomic mass is 32.1. The van der Waals surface area contributed by atoms with E-state index in [9.17, 15) is 0 Å². The minimum Gasteiger partial charge on any atom is -0.373 e. The Morgan fingerprint density at radius 1 is 1.48 bits per heavy atom. The fourth-order valence-corrected chi connectivity index (χ4v) is 3.83. The first-order valence-corrected chi connectivity index (χ1v) is 8.39. The predicted molar refractivity (Wildman–Crippen MR) is 85.5 cm³/mol. The van der Waals surface area contributed by atoms with Crippen LogP contribution >= 0.6 is 11.3 Å². The quantitative estimate of drug-likeness (QED) is 0.923. The van der Waals surface area contributed by atoms with E-state index in [4.69, 9.17) is 4.74 Å². The van der Waals surface area contributed by atoms with Crippen LogP contribution in [0, 0.1) is 19.8 Å². The summed E-state index contributed by atoms with van der Waals surface area (Å²) in [4.78, 5) is 1.39. The van der Waals surface area contributed by atoms with E-state index in [0.717, 1.165) is 31.8 Å². The average molecular weight is 305 g/mol. The number of thiophene rings is 1. The topological polar surface area (TPSA) is 39.1 Å². The third-order valence-corrected chi connectivity index (χ3v) is 5.23. The largest absolute Gasteiger partial charge is 0.373 e. The normalized spacial score (nSPS) is 22.0. The summed E-state index contributed by atoms with van der Waals surface area (Å²) in [5.41, 5.74) is 3.62. The van der Waals surface area contributed by atoms with Crippen molar-refractivity contribution in [2.75, 3.05) is 13.2 Å². The number of hydrogen-bond donors (Lipinski definition) is 1. The summed E-state index contributed by atoms with van der Waals surface area (Å²) in [6, 6.07) is 4.28. The maximum absolute atomic E-state index is 6.02. The van der Waals surface area contributed by atoms with Gasteiger partial charge in [0.1, 0.15) is 0 Å². The van der Waals surface area contributed by atoms with Gasteiger partial charge in [0, 0.05) is 48.8 Å². The minimum atomic E-state index is 0.189. The molecule has 0 aromatic carbocycles. The molecule has 2 atom stereocenters. The van der Waals surface area contributed by atoms with Crippen LogP contribution in [0.3, 0.4) is 0 Å². The zero-order chi connectivity index (χ0) is 14.8. The molecule has 114 valence electrons. The smallest absolute Gasteiger partial charge is 0.0901 e. The van der Waals surface area contributed by atoms with Gasteiger partial charge in [0.25, 0.3) is 0 Å². The molecule has 1 saturated heterocycles. The fourth-order valence-electron chi connectivity index (χ4n) is 3.16. The van der Waals surface area contributed by atoms with Crippen molar-refractivity contribution in [3.8, 4) is 0 Å². The van der Waals surface area contributed by atoms with Gasteiger partial charge in [-0.05, 0) is 31.7 Å². The molecular formula is C16H23N3OS. The van der Waals surface area contributed by atoms with E-state index in [2.05, 4.69) is 41.8 Å². The summed E-state index contributed by atoms with van der Waals surface area (Å²) in [7, 11) is 2.00. The zero-order valence-corrected chi connectivity index (χ0v) is 13.7. The van der Waals surface area contributed by atoms with Crippen LogP contribution in [0.15, 0.2) is 17.5 Å². The Balaban J connectivity index is 1.65. The molecule has 0 bridgehead atoms. The second-order valence-corrected chi connectivity index (χ2v) is 6.79. The van der Waals surface area contributed by atoms with E-state index < -0.39 is 0 Å². The Bertz CT molecular complexity index is 591.